The lowest BCUT2D eigenvalue weighted by molar-refractivity contribution is 0.415. The molecule has 0 spiro atoms. The van der Waals surface area contributed by atoms with Gasteiger partial charge < -0.3 is 10.1 Å². The van der Waals surface area contributed by atoms with Gasteiger partial charge >= 0.3 is 0 Å². The van der Waals surface area contributed by atoms with Crippen molar-refractivity contribution >= 4 is 22.3 Å². The van der Waals surface area contributed by atoms with E-state index in [0.717, 1.165) is 33.7 Å². The predicted octanol–water partition coefficient (Wildman–Crippen LogP) is 4.43. The van der Waals surface area contributed by atoms with Crippen LogP contribution in [0.5, 0.6) is 5.75 Å². The van der Waals surface area contributed by atoms with E-state index in [9.17, 15) is 4.39 Å². The minimum absolute atomic E-state index is 0.249. The first-order chi connectivity index (χ1) is 10.2. The van der Waals surface area contributed by atoms with E-state index in [4.69, 9.17) is 4.74 Å². The Bertz CT molecular complexity index is 785. The normalized spacial score (nSPS) is 10.6. The van der Waals surface area contributed by atoms with E-state index in [1.807, 2.05) is 31.2 Å². The van der Waals surface area contributed by atoms with Crippen LogP contribution in [0.3, 0.4) is 0 Å². The summed E-state index contributed by atoms with van der Waals surface area (Å²) in [5.74, 6) is 0.523. The fraction of sp³-hybridized carbons (Fsp3) is 0.118. The van der Waals surface area contributed by atoms with Gasteiger partial charge in [-0.2, -0.15) is 0 Å². The Morgan fingerprint density at radius 3 is 2.52 bits per heavy atom. The molecular weight excluding hydrogens is 267 g/mol. The van der Waals surface area contributed by atoms with Crippen LogP contribution >= 0.6 is 0 Å². The lowest BCUT2D eigenvalue weighted by Crippen LogP contribution is -1.95. The van der Waals surface area contributed by atoms with Crippen molar-refractivity contribution in [1.29, 1.82) is 0 Å². The summed E-state index contributed by atoms with van der Waals surface area (Å²) < 4.78 is 18.2. The second-order valence-electron chi connectivity index (χ2n) is 4.83. The Morgan fingerprint density at radius 2 is 1.81 bits per heavy atom. The highest BCUT2D eigenvalue weighted by Crippen LogP contribution is 2.29. The van der Waals surface area contributed by atoms with Crippen molar-refractivity contribution < 1.29 is 9.13 Å². The monoisotopic (exact) mass is 282 g/mol. The number of halogens is 1. The number of benzene rings is 2. The number of hydrogen-bond donors (Lipinski definition) is 1. The molecule has 1 aromatic heterocycles. The van der Waals surface area contributed by atoms with E-state index < -0.39 is 0 Å². The van der Waals surface area contributed by atoms with Crippen molar-refractivity contribution in [1.82, 2.24) is 4.98 Å². The van der Waals surface area contributed by atoms with Gasteiger partial charge in [0, 0.05) is 28.5 Å². The maximum Gasteiger partial charge on any atom is 0.123 e. The minimum Gasteiger partial charge on any atom is -0.497 e. The van der Waals surface area contributed by atoms with E-state index in [2.05, 4.69) is 10.3 Å². The highest BCUT2D eigenvalue weighted by Gasteiger charge is 2.06. The van der Waals surface area contributed by atoms with Gasteiger partial charge in [0.25, 0.3) is 0 Å². The molecule has 2 aromatic carbocycles. The first-order valence-electron chi connectivity index (χ1n) is 6.64. The smallest absolute Gasteiger partial charge is 0.123 e. The molecule has 0 aliphatic carbocycles. The molecule has 0 fully saturated rings. The lowest BCUT2D eigenvalue weighted by atomic mass is 10.1. The van der Waals surface area contributed by atoms with E-state index >= 15 is 0 Å². The van der Waals surface area contributed by atoms with Crippen LogP contribution in [-0.2, 0) is 0 Å². The maximum absolute atomic E-state index is 13.0. The molecule has 1 heterocycles. The average Bonchev–Trinajstić information content (AvgIpc) is 2.48. The van der Waals surface area contributed by atoms with Crippen LogP contribution in [-0.4, -0.2) is 12.1 Å². The van der Waals surface area contributed by atoms with E-state index in [0.29, 0.717) is 0 Å². The molecule has 3 nitrogen and oxygen atoms in total. The highest BCUT2D eigenvalue weighted by atomic mass is 19.1. The molecule has 0 aliphatic heterocycles. The van der Waals surface area contributed by atoms with Gasteiger partial charge in [-0.15, -0.1) is 0 Å². The number of nitrogens with zero attached hydrogens (tertiary/aromatic N) is 1. The van der Waals surface area contributed by atoms with Crippen molar-refractivity contribution in [2.45, 2.75) is 6.92 Å². The summed E-state index contributed by atoms with van der Waals surface area (Å²) in [4.78, 5) is 4.52. The molecule has 0 unspecified atom stereocenters. The zero-order chi connectivity index (χ0) is 14.8. The van der Waals surface area contributed by atoms with Crippen LogP contribution in [0.1, 0.15) is 5.69 Å². The SMILES string of the molecule is COc1ccc2c(Nc3ccc(F)cc3)cc(C)nc2c1. The number of aromatic nitrogens is 1. The van der Waals surface area contributed by atoms with E-state index in [1.54, 1.807) is 19.2 Å². The average molecular weight is 282 g/mol. The molecule has 21 heavy (non-hydrogen) atoms. The van der Waals surface area contributed by atoms with Gasteiger partial charge in [-0.3, -0.25) is 4.98 Å². The van der Waals surface area contributed by atoms with Gasteiger partial charge in [0.2, 0.25) is 0 Å². The first-order valence-corrected chi connectivity index (χ1v) is 6.64. The second kappa shape index (κ2) is 5.40. The van der Waals surface area contributed by atoms with E-state index in [1.165, 1.54) is 12.1 Å². The molecule has 0 amide bonds. The van der Waals surface area contributed by atoms with Crippen LogP contribution in [0.2, 0.25) is 0 Å². The Balaban J connectivity index is 2.06. The number of ether oxygens (including phenoxy) is 1. The number of anilines is 2. The molecule has 106 valence electrons. The molecule has 4 heteroatoms. The Kier molecular flexibility index (Phi) is 3.44. The zero-order valence-electron chi connectivity index (χ0n) is 11.9. The number of methoxy groups -OCH3 is 1. The molecule has 0 bridgehead atoms. The summed E-state index contributed by atoms with van der Waals surface area (Å²) in [5.41, 5.74) is 3.53. The summed E-state index contributed by atoms with van der Waals surface area (Å²) >= 11 is 0. The summed E-state index contributed by atoms with van der Waals surface area (Å²) in [6, 6.07) is 14.0. The molecule has 0 saturated carbocycles. The van der Waals surface area contributed by atoms with Gasteiger partial charge in [-0.05, 0) is 49.4 Å². The zero-order valence-corrected chi connectivity index (χ0v) is 11.9. The van der Waals surface area contributed by atoms with Crippen LogP contribution in [0.25, 0.3) is 10.9 Å². The van der Waals surface area contributed by atoms with Gasteiger partial charge in [-0.25, -0.2) is 4.39 Å². The minimum atomic E-state index is -0.249. The summed E-state index contributed by atoms with van der Waals surface area (Å²) in [7, 11) is 1.63. The van der Waals surface area contributed by atoms with Gasteiger partial charge in [0.05, 0.1) is 12.6 Å². The number of pyridine rings is 1. The standard InChI is InChI=1S/C17H15FN2O/c1-11-9-16(20-13-5-3-12(18)4-6-13)15-8-7-14(21-2)10-17(15)19-11/h3-10H,1-2H3,(H,19,20). The number of nitrogens with one attached hydrogen (secondary N) is 1. The van der Waals surface area contributed by atoms with Gasteiger partial charge in [0.15, 0.2) is 0 Å². The van der Waals surface area contributed by atoms with Crippen LogP contribution in [0.15, 0.2) is 48.5 Å². The summed E-state index contributed by atoms with van der Waals surface area (Å²) in [6.45, 7) is 1.94. The van der Waals surface area contributed by atoms with Crippen molar-refractivity contribution in [3.63, 3.8) is 0 Å². The van der Waals surface area contributed by atoms with Crippen molar-refractivity contribution in [3.05, 3.63) is 60.0 Å². The third-order valence-corrected chi connectivity index (χ3v) is 3.27. The third-order valence-electron chi connectivity index (χ3n) is 3.27. The van der Waals surface area contributed by atoms with Crippen LogP contribution < -0.4 is 10.1 Å². The molecule has 0 aliphatic rings. The van der Waals surface area contributed by atoms with Gasteiger partial charge in [-0.1, -0.05) is 0 Å². The Morgan fingerprint density at radius 1 is 1.05 bits per heavy atom. The van der Waals surface area contributed by atoms with Crippen LogP contribution in [0, 0.1) is 12.7 Å². The fourth-order valence-electron chi connectivity index (χ4n) is 2.26. The van der Waals surface area contributed by atoms with Gasteiger partial charge in [0.1, 0.15) is 11.6 Å². The van der Waals surface area contributed by atoms with Crippen molar-refractivity contribution in [2.24, 2.45) is 0 Å². The maximum atomic E-state index is 13.0. The Hall–Kier alpha value is -2.62. The highest BCUT2D eigenvalue weighted by molar-refractivity contribution is 5.94. The largest absolute Gasteiger partial charge is 0.497 e. The second-order valence-corrected chi connectivity index (χ2v) is 4.83. The quantitative estimate of drug-likeness (QED) is 0.771. The first kappa shape index (κ1) is 13.4. The topological polar surface area (TPSA) is 34.1 Å². The summed E-state index contributed by atoms with van der Waals surface area (Å²) in [5, 5.41) is 4.30. The van der Waals surface area contributed by atoms with Crippen molar-refractivity contribution in [3.8, 4) is 5.75 Å². The molecule has 0 saturated heterocycles. The van der Waals surface area contributed by atoms with Crippen LogP contribution in [0.4, 0.5) is 15.8 Å². The third kappa shape index (κ3) is 2.79. The Labute approximate surface area is 122 Å². The molecule has 1 N–H and O–H groups in total. The molecule has 3 aromatic rings. The summed E-state index contributed by atoms with van der Waals surface area (Å²) in [6.07, 6.45) is 0. The molecule has 0 radical (unpaired) electrons. The molecule has 0 atom stereocenters. The predicted molar refractivity (Wildman–Crippen MR) is 82.7 cm³/mol. The number of fused-ring (bicyclic) bond motifs is 1. The fourth-order valence-corrected chi connectivity index (χ4v) is 2.26. The number of rotatable bonds is 3. The molecule has 3 rings (SSSR count). The number of hydrogen-bond acceptors (Lipinski definition) is 3. The van der Waals surface area contributed by atoms with Crippen molar-refractivity contribution in [2.75, 3.05) is 12.4 Å². The molecular formula is C17H15FN2O. The number of aryl methyl sites for hydroxylation is 1. The lowest BCUT2D eigenvalue weighted by Gasteiger charge is -2.11. The van der Waals surface area contributed by atoms with E-state index in [-0.39, 0.29) is 5.82 Å².